The first-order valence-electron chi connectivity index (χ1n) is 1.99. The molecule has 8 heavy (non-hydrogen) atoms. The lowest BCUT2D eigenvalue weighted by atomic mass is 10.6. The van der Waals surface area contributed by atoms with Crippen LogP contribution in [0.3, 0.4) is 0 Å². The maximum absolute atomic E-state index is 3.96. The van der Waals surface area contributed by atoms with Gasteiger partial charge in [0, 0.05) is 10.2 Å². The first-order valence-corrected chi connectivity index (χ1v) is 4.68. The van der Waals surface area contributed by atoms with E-state index >= 15 is 0 Å². The molecule has 0 unspecified atom stereocenters. The zero-order valence-electron chi connectivity index (χ0n) is 3.90. The molecule has 0 amide bonds. The number of alkyl halides is 1. The van der Waals surface area contributed by atoms with E-state index in [4.69, 9.17) is 0 Å². The Morgan fingerprint density at radius 2 is 2.50 bits per heavy atom. The standard InChI is InChI=1S/C4H3Br2NS/c5-1-4-3(6)2-7-8-4/h2H,1H2. The SMILES string of the molecule is BrCc1sncc1Br. The third-order valence-electron chi connectivity index (χ3n) is 0.717. The Balaban J connectivity index is 2.92. The van der Waals surface area contributed by atoms with Crippen LogP contribution in [0, 0.1) is 0 Å². The lowest BCUT2D eigenvalue weighted by molar-refractivity contribution is 1.50. The molecule has 1 heterocycles. The molecule has 0 aliphatic heterocycles. The summed E-state index contributed by atoms with van der Waals surface area (Å²) in [6.45, 7) is 0. The van der Waals surface area contributed by atoms with Crippen molar-refractivity contribution in [3.05, 3.63) is 15.5 Å². The number of aromatic nitrogens is 1. The number of halogens is 2. The largest absolute Gasteiger partial charge is 0.200 e. The Morgan fingerprint density at radius 3 is 2.75 bits per heavy atom. The molecule has 1 rings (SSSR count). The molecule has 1 aromatic heterocycles. The van der Waals surface area contributed by atoms with E-state index in [1.54, 1.807) is 6.20 Å². The van der Waals surface area contributed by atoms with Gasteiger partial charge in [0.15, 0.2) is 0 Å². The predicted octanol–water partition coefficient (Wildman–Crippen LogP) is 2.80. The van der Waals surface area contributed by atoms with Gasteiger partial charge >= 0.3 is 0 Å². The summed E-state index contributed by atoms with van der Waals surface area (Å²) in [6, 6.07) is 0. The van der Waals surface area contributed by atoms with Crippen molar-refractivity contribution in [1.82, 2.24) is 4.37 Å². The zero-order chi connectivity index (χ0) is 5.98. The van der Waals surface area contributed by atoms with Crippen LogP contribution in [-0.4, -0.2) is 4.37 Å². The summed E-state index contributed by atoms with van der Waals surface area (Å²) in [5.74, 6) is 0. The quantitative estimate of drug-likeness (QED) is 0.705. The third kappa shape index (κ3) is 1.30. The summed E-state index contributed by atoms with van der Waals surface area (Å²) in [4.78, 5) is 1.24. The van der Waals surface area contributed by atoms with Crippen molar-refractivity contribution in [3.63, 3.8) is 0 Å². The number of rotatable bonds is 1. The maximum atomic E-state index is 3.96. The predicted molar refractivity (Wildman–Crippen MR) is 42.4 cm³/mol. The molecule has 0 aliphatic carbocycles. The Bertz CT molecular complexity index is 174. The number of hydrogen-bond acceptors (Lipinski definition) is 2. The number of hydrogen-bond donors (Lipinski definition) is 0. The second kappa shape index (κ2) is 2.94. The highest BCUT2D eigenvalue weighted by Crippen LogP contribution is 2.21. The summed E-state index contributed by atoms with van der Waals surface area (Å²) in [7, 11) is 0. The van der Waals surface area contributed by atoms with Crippen LogP contribution < -0.4 is 0 Å². The molecule has 0 aliphatic rings. The van der Waals surface area contributed by atoms with Gasteiger partial charge in [0.25, 0.3) is 0 Å². The van der Waals surface area contributed by atoms with Crippen LogP contribution in [0.2, 0.25) is 0 Å². The molecule has 0 saturated heterocycles. The molecule has 1 aromatic rings. The fourth-order valence-corrected chi connectivity index (χ4v) is 2.39. The highest BCUT2D eigenvalue weighted by Gasteiger charge is 1.97. The summed E-state index contributed by atoms with van der Waals surface area (Å²) in [5, 5.41) is 0.887. The smallest absolute Gasteiger partial charge is 0.0552 e. The van der Waals surface area contributed by atoms with Crippen molar-refractivity contribution >= 4 is 43.4 Å². The highest BCUT2D eigenvalue weighted by atomic mass is 79.9. The lowest BCUT2D eigenvalue weighted by Crippen LogP contribution is -1.63. The molecule has 0 spiro atoms. The average molecular weight is 257 g/mol. The second-order valence-electron chi connectivity index (χ2n) is 1.23. The minimum absolute atomic E-state index is 0.887. The van der Waals surface area contributed by atoms with E-state index < -0.39 is 0 Å². The average Bonchev–Trinajstić information content (AvgIpc) is 2.14. The summed E-state index contributed by atoms with van der Waals surface area (Å²) < 4.78 is 5.05. The topological polar surface area (TPSA) is 12.9 Å². The molecule has 1 nitrogen and oxygen atoms in total. The van der Waals surface area contributed by atoms with Crippen molar-refractivity contribution in [2.24, 2.45) is 0 Å². The molecule has 0 radical (unpaired) electrons. The van der Waals surface area contributed by atoms with Gasteiger partial charge in [0.2, 0.25) is 0 Å². The van der Waals surface area contributed by atoms with Gasteiger partial charge in [-0.2, -0.15) is 4.37 Å². The van der Waals surface area contributed by atoms with E-state index in [9.17, 15) is 0 Å². The molecule has 4 heteroatoms. The van der Waals surface area contributed by atoms with Gasteiger partial charge in [-0.25, -0.2) is 0 Å². The second-order valence-corrected chi connectivity index (χ2v) is 3.53. The van der Waals surface area contributed by atoms with E-state index in [2.05, 4.69) is 36.2 Å². The summed E-state index contributed by atoms with van der Waals surface area (Å²) in [5.41, 5.74) is 0. The van der Waals surface area contributed by atoms with E-state index in [1.807, 2.05) is 0 Å². The van der Waals surface area contributed by atoms with Crippen LogP contribution in [0.1, 0.15) is 4.88 Å². The molecule has 0 bridgehead atoms. The molecule has 0 N–H and O–H groups in total. The van der Waals surface area contributed by atoms with Gasteiger partial charge in [-0.05, 0) is 27.5 Å². The Morgan fingerprint density at radius 1 is 1.75 bits per heavy atom. The van der Waals surface area contributed by atoms with Crippen molar-refractivity contribution in [2.45, 2.75) is 5.33 Å². The van der Waals surface area contributed by atoms with E-state index in [-0.39, 0.29) is 0 Å². The normalized spacial score (nSPS) is 9.75. The van der Waals surface area contributed by atoms with Crippen LogP contribution >= 0.6 is 43.4 Å². The first-order chi connectivity index (χ1) is 3.84. The van der Waals surface area contributed by atoms with Gasteiger partial charge in [-0.15, -0.1) is 0 Å². The lowest BCUT2D eigenvalue weighted by Gasteiger charge is -1.82. The van der Waals surface area contributed by atoms with E-state index in [0.717, 1.165) is 9.80 Å². The van der Waals surface area contributed by atoms with Gasteiger partial charge in [0.05, 0.1) is 10.7 Å². The van der Waals surface area contributed by atoms with E-state index in [0.29, 0.717) is 0 Å². The molecular formula is C4H3Br2NS. The van der Waals surface area contributed by atoms with Crippen molar-refractivity contribution < 1.29 is 0 Å². The van der Waals surface area contributed by atoms with Gasteiger partial charge in [-0.1, -0.05) is 15.9 Å². The molecule has 0 aromatic carbocycles. The summed E-state index contributed by atoms with van der Waals surface area (Å²) >= 11 is 8.18. The molecule has 0 saturated carbocycles. The molecule has 0 fully saturated rings. The monoisotopic (exact) mass is 255 g/mol. The van der Waals surface area contributed by atoms with Crippen molar-refractivity contribution in [2.75, 3.05) is 0 Å². The minimum Gasteiger partial charge on any atom is -0.200 e. The fourth-order valence-electron chi connectivity index (χ4n) is 0.340. The van der Waals surface area contributed by atoms with Gasteiger partial charge < -0.3 is 0 Å². The van der Waals surface area contributed by atoms with Crippen molar-refractivity contribution in [1.29, 1.82) is 0 Å². The third-order valence-corrected chi connectivity index (χ3v) is 3.39. The molecule has 0 atom stereocenters. The zero-order valence-corrected chi connectivity index (χ0v) is 7.88. The maximum Gasteiger partial charge on any atom is 0.0552 e. The van der Waals surface area contributed by atoms with E-state index in [1.165, 1.54) is 16.4 Å². The minimum atomic E-state index is 0.887. The molecular weight excluding hydrogens is 254 g/mol. The Labute approximate surface area is 68.5 Å². The fraction of sp³-hybridized carbons (Fsp3) is 0.250. The number of nitrogens with zero attached hydrogens (tertiary/aromatic N) is 1. The van der Waals surface area contributed by atoms with Crippen LogP contribution in [0.4, 0.5) is 0 Å². The Kier molecular flexibility index (Phi) is 2.46. The Hall–Kier alpha value is 0.590. The van der Waals surface area contributed by atoms with Crippen LogP contribution in [0.25, 0.3) is 0 Å². The highest BCUT2D eigenvalue weighted by molar-refractivity contribution is 9.10. The van der Waals surface area contributed by atoms with Crippen LogP contribution in [0.15, 0.2) is 10.7 Å². The van der Waals surface area contributed by atoms with Gasteiger partial charge in [-0.3, -0.25) is 0 Å². The van der Waals surface area contributed by atoms with Crippen LogP contribution in [-0.2, 0) is 5.33 Å². The van der Waals surface area contributed by atoms with Crippen molar-refractivity contribution in [3.8, 4) is 0 Å². The summed E-state index contributed by atoms with van der Waals surface area (Å²) in [6.07, 6.45) is 1.81. The van der Waals surface area contributed by atoms with Gasteiger partial charge in [0.1, 0.15) is 0 Å². The van der Waals surface area contributed by atoms with Crippen LogP contribution in [0.5, 0.6) is 0 Å². The molecule has 44 valence electrons. The first kappa shape index (κ1) is 6.71.